The van der Waals surface area contributed by atoms with Gasteiger partial charge in [0.25, 0.3) is 16.0 Å². The lowest BCUT2D eigenvalue weighted by Crippen LogP contribution is -2.71. The van der Waals surface area contributed by atoms with E-state index in [-0.39, 0.29) is 23.7 Å². The number of fused-ring (bicyclic) bond motifs is 1. The van der Waals surface area contributed by atoms with E-state index in [4.69, 9.17) is 23.2 Å². The monoisotopic (exact) mass is 767 g/mol. The predicted octanol–water partition coefficient (Wildman–Crippen LogP) is 3.55. The standard InChI is InChI=1S/C32H31Cl2N3O7S4/c1-19-13-24(15-23(36(19)11-12-48(42,43)44)9-7-20-5-3-2-4-6-20)45-16-21-17-47-31-28(30(39)37(31)29(21)32(40)41)35-27(38)18-46-26-14-22(33)8-10-25(26)34/h2-6,8,10,13-15,28,31H,7,9,11-12,16-18H2,1H3,(H2-,35,38,40,41,42,43,44)/t28-,31-/m1/s1. The van der Waals surface area contributed by atoms with Crippen molar-refractivity contribution in [2.24, 2.45) is 0 Å². The average molecular weight is 769 g/mol. The van der Waals surface area contributed by atoms with Gasteiger partial charge in [-0.3, -0.25) is 19.0 Å². The van der Waals surface area contributed by atoms with Gasteiger partial charge in [0.1, 0.15) is 17.2 Å². The molecule has 2 N–H and O–H groups in total. The molecule has 2 atom stereocenters. The van der Waals surface area contributed by atoms with Crippen LogP contribution in [-0.2, 0) is 43.9 Å². The summed E-state index contributed by atoms with van der Waals surface area (Å²) in [6, 6.07) is 17.7. The summed E-state index contributed by atoms with van der Waals surface area (Å²) in [4.78, 5) is 40.8. The van der Waals surface area contributed by atoms with Gasteiger partial charge in [0.05, 0.1) is 22.4 Å². The molecule has 2 aromatic carbocycles. The third kappa shape index (κ3) is 9.09. The number of carboxylic acid groups (broad SMARTS) is 1. The Balaban J connectivity index is 1.27. The molecule has 3 heterocycles. The molecule has 48 heavy (non-hydrogen) atoms. The molecule has 10 nitrogen and oxygen atoms in total. The Bertz CT molecular complexity index is 1880. The van der Waals surface area contributed by atoms with E-state index in [9.17, 15) is 32.5 Å². The topological polar surface area (TPSA) is 148 Å². The molecule has 0 radical (unpaired) electrons. The van der Waals surface area contributed by atoms with Crippen LogP contribution in [-0.4, -0.2) is 70.1 Å². The molecule has 2 aliphatic rings. The van der Waals surface area contributed by atoms with Crippen molar-refractivity contribution in [1.82, 2.24) is 10.2 Å². The fraction of sp³-hybridized carbons (Fsp3) is 0.312. The minimum Gasteiger partial charge on any atom is -0.543 e. The number of carbonyl (C=O) groups is 3. The number of carboxylic acids is 1. The predicted molar refractivity (Wildman–Crippen MR) is 187 cm³/mol. The molecule has 3 aromatic rings. The summed E-state index contributed by atoms with van der Waals surface area (Å²) in [5.41, 5.74) is 3.11. The molecular formula is C32H31Cl2N3O7S4. The van der Waals surface area contributed by atoms with E-state index >= 15 is 0 Å². The van der Waals surface area contributed by atoms with Crippen molar-refractivity contribution in [2.45, 2.75) is 47.5 Å². The Hall–Kier alpha value is -2.72. The van der Waals surface area contributed by atoms with Gasteiger partial charge >= 0.3 is 0 Å². The molecule has 2 aliphatic heterocycles. The zero-order valence-electron chi connectivity index (χ0n) is 25.6. The summed E-state index contributed by atoms with van der Waals surface area (Å²) < 4.78 is 34.3. The van der Waals surface area contributed by atoms with Crippen LogP contribution in [0.5, 0.6) is 0 Å². The number of aliphatic carboxylic acids is 1. The minimum atomic E-state index is -4.17. The molecule has 0 spiro atoms. The number of nitrogens with zero attached hydrogens (tertiary/aromatic N) is 2. The zero-order chi connectivity index (χ0) is 34.6. The number of β-lactam (4-membered cyclic amide) rings is 1. The molecule has 1 saturated heterocycles. The maximum absolute atomic E-state index is 13.1. The third-order valence-corrected chi connectivity index (χ3v) is 12.6. The second kappa shape index (κ2) is 15.9. The van der Waals surface area contributed by atoms with Gasteiger partial charge in [-0.05, 0) is 35.8 Å². The van der Waals surface area contributed by atoms with Gasteiger partial charge in [-0.25, -0.2) is 0 Å². The molecule has 254 valence electrons. The molecule has 16 heteroatoms. The number of hydrogen-bond acceptors (Lipinski definition) is 9. The van der Waals surface area contributed by atoms with E-state index in [1.165, 1.54) is 40.2 Å². The van der Waals surface area contributed by atoms with Crippen molar-refractivity contribution in [3.05, 3.63) is 98.9 Å². The van der Waals surface area contributed by atoms with Crippen molar-refractivity contribution in [3.8, 4) is 0 Å². The van der Waals surface area contributed by atoms with Crippen LogP contribution in [0.1, 0.15) is 17.0 Å². The Morgan fingerprint density at radius 3 is 2.56 bits per heavy atom. The molecule has 5 rings (SSSR count). The highest BCUT2D eigenvalue weighted by Gasteiger charge is 2.52. The Labute approximate surface area is 301 Å². The van der Waals surface area contributed by atoms with E-state index in [0.29, 0.717) is 39.1 Å². The normalized spacial score (nSPS) is 17.6. The number of pyridine rings is 1. The fourth-order valence-corrected chi connectivity index (χ4v) is 9.67. The Morgan fingerprint density at radius 1 is 1.10 bits per heavy atom. The average Bonchev–Trinajstić information content (AvgIpc) is 3.04. The highest BCUT2D eigenvalue weighted by Crippen LogP contribution is 2.41. The van der Waals surface area contributed by atoms with E-state index in [2.05, 4.69) is 5.32 Å². The van der Waals surface area contributed by atoms with Crippen molar-refractivity contribution in [3.63, 3.8) is 0 Å². The summed E-state index contributed by atoms with van der Waals surface area (Å²) in [5.74, 6) is -2.22. The second-order valence-corrected chi connectivity index (χ2v) is 16.7. The van der Waals surface area contributed by atoms with Crippen LogP contribution in [0.2, 0.25) is 10.0 Å². The summed E-state index contributed by atoms with van der Waals surface area (Å²) in [6.07, 6.45) is 1.31. The highest BCUT2D eigenvalue weighted by molar-refractivity contribution is 8.01. The van der Waals surface area contributed by atoms with Crippen LogP contribution < -0.4 is 15.0 Å². The van der Waals surface area contributed by atoms with Gasteiger partial charge in [0, 0.05) is 51.8 Å². The zero-order valence-corrected chi connectivity index (χ0v) is 30.3. The molecule has 0 saturated carbocycles. The number of hydrogen-bond donors (Lipinski definition) is 2. The number of amides is 2. The lowest BCUT2D eigenvalue weighted by atomic mass is 10.0. The first-order valence-electron chi connectivity index (χ1n) is 14.7. The summed E-state index contributed by atoms with van der Waals surface area (Å²) in [7, 11) is -4.17. The van der Waals surface area contributed by atoms with Crippen LogP contribution in [0.4, 0.5) is 0 Å². The summed E-state index contributed by atoms with van der Waals surface area (Å²) >= 11 is 16.1. The van der Waals surface area contributed by atoms with E-state index in [1.807, 2.05) is 54.0 Å². The fourth-order valence-electron chi connectivity index (χ4n) is 5.43. The lowest BCUT2D eigenvalue weighted by Gasteiger charge is -2.50. The molecule has 1 fully saturated rings. The molecule has 0 bridgehead atoms. The lowest BCUT2D eigenvalue weighted by molar-refractivity contribution is -0.706. The largest absolute Gasteiger partial charge is 0.543 e. The number of aryl methyl sites for hydroxylation is 3. The van der Waals surface area contributed by atoms with Gasteiger partial charge < -0.3 is 15.2 Å². The number of carbonyl (C=O) groups excluding carboxylic acids is 3. The Morgan fingerprint density at radius 2 is 1.85 bits per heavy atom. The first-order valence-corrected chi connectivity index (χ1v) is 20.1. The van der Waals surface area contributed by atoms with Gasteiger partial charge in [-0.15, -0.1) is 35.3 Å². The van der Waals surface area contributed by atoms with Crippen LogP contribution >= 0.6 is 58.5 Å². The molecule has 1 aromatic heterocycles. The highest BCUT2D eigenvalue weighted by atomic mass is 35.5. The van der Waals surface area contributed by atoms with E-state index < -0.39 is 45.1 Å². The first-order chi connectivity index (χ1) is 22.8. The van der Waals surface area contributed by atoms with E-state index in [1.54, 1.807) is 18.2 Å². The maximum atomic E-state index is 13.1. The van der Waals surface area contributed by atoms with Gasteiger partial charge in [-0.1, -0.05) is 53.5 Å². The number of benzene rings is 2. The van der Waals surface area contributed by atoms with Crippen molar-refractivity contribution in [2.75, 3.05) is 23.0 Å². The van der Waals surface area contributed by atoms with Crippen molar-refractivity contribution >= 4 is 86.4 Å². The van der Waals surface area contributed by atoms with Crippen LogP contribution in [0.25, 0.3) is 0 Å². The van der Waals surface area contributed by atoms with Gasteiger partial charge in [-0.2, -0.15) is 13.0 Å². The second-order valence-electron chi connectivity index (χ2n) is 11.1. The number of halogens is 2. The van der Waals surface area contributed by atoms with Gasteiger partial charge in [0.15, 0.2) is 17.9 Å². The van der Waals surface area contributed by atoms with Crippen LogP contribution in [0.3, 0.4) is 0 Å². The smallest absolute Gasteiger partial charge is 0.271 e. The summed E-state index contributed by atoms with van der Waals surface area (Å²) in [5, 5.41) is 15.4. The first kappa shape index (κ1) is 36.6. The third-order valence-electron chi connectivity index (χ3n) is 7.74. The number of rotatable bonds is 14. The van der Waals surface area contributed by atoms with Crippen LogP contribution in [0, 0.1) is 6.92 Å². The number of thioether (sulfide) groups is 3. The minimum absolute atomic E-state index is 0.00799. The van der Waals surface area contributed by atoms with Crippen molar-refractivity contribution < 1.29 is 37.0 Å². The Kier molecular flexibility index (Phi) is 12.1. The maximum Gasteiger partial charge on any atom is 0.271 e. The number of aromatic nitrogens is 1. The van der Waals surface area contributed by atoms with E-state index in [0.717, 1.165) is 21.8 Å². The molecule has 0 unspecified atom stereocenters. The quantitative estimate of drug-likeness (QED) is 0.108. The van der Waals surface area contributed by atoms with Crippen LogP contribution in [0.15, 0.2) is 81.7 Å². The summed E-state index contributed by atoms with van der Waals surface area (Å²) in [6.45, 7) is 1.93. The number of nitrogens with one attached hydrogen (secondary N) is 1. The molecular weight excluding hydrogens is 738 g/mol. The SMILES string of the molecule is Cc1cc(SCC2=C(C(=O)[O-])N3C(=O)[C@@H](NC(=O)CSc4cc(Cl)ccc4Cl)[C@H]3SC2)cc(CCc2ccccc2)[n+]1CCS(=O)(=O)O. The van der Waals surface area contributed by atoms with Gasteiger partial charge in [0.2, 0.25) is 5.91 Å². The van der Waals surface area contributed by atoms with Crippen molar-refractivity contribution in [1.29, 1.82) is 0 Å². The molecule has 0 aliphatic carbocycles. The molecule has 2 amide bonds.